The van der Waals surface area contributed by atoms with Crippen molar-refractivity contribution in [2.24, 2.45) is 5.10 Å². The van der Waals surface area contributed by atoms with E-state index in [4.69, 9.17) is 5.26 Å². The first-order valence-electron chi connectivity index (χ1n) is 7.74. The SMILES string of the molecule is CC(C)c1ccc(/C=N/NC(=O)C(=O)Nc2ccc(C#N)cc2)cc1. The molecular weight excluding hydrogens is 316 g/mol. The van der Waals surface area contributed by atoms with Gasteiger partial charge in [0.05, 0.1) is 17.8 Å². The number of amides is 2. The third kappa shape index (κ3) is 5.29. The fourth-order valence-electron chi connectivity index (χ4n) is 2.00. The summed E-state index contributed by atoms with van der Waals surface area (Å²) in [5.74, 6) is -1.27. The first-order valence-corrected chi connectivity index (χ1v) is 7.74. The van der Waals surface area contributed by atoms with Crippen LogP contribution in [-0.4, -0.2) is 18.0 Å². The second kappa shape index (κ2) is 8.41. The Labute approximate surface area is 146 Å². The summed E-state index contributed by atoms with van der Waals surface area (Å²) >= 11 is 0. The molecule has 25 heavy (non-hydrogen) atoms. The number of hydrazone groups is 1. The van der Waals surface area contributed by atoms with Crippen molar-refractivity contribution in [2.45, 2.75) is 19.8 Å². The van der Waals surface area contributed by atoms with Crippen LogP contribution < -0.4 is 10.7 Å². The van der Waals surface area contributed by atoms with E-state index in [1.807, 2.05) is 30.3 Å². The fourth-order valence-corrected chi connectivity index (χ4v) is 2.00. The first kappa shape index (κ1) is 17.9. The molecule has 0 aliphatic heterocycles. The average molecular weight is 334 g/mol. The number of rotatable bonds is 4. The lowest BCUT2D eigenvalue weighted by atomic mass is 10.0. The van der Waals surface area contributed by atoms with Crippen molar-refractivity contribution in [3.63, 3.8) is 0 Å². The molecule has 0 aliphatic carbocycles. The molecule has 0 saturated heterocycles. The van der Waals surface area contributed by atoms with Gasteiger partial charge in [0.2, 0.25) is 0 Å². The van der Waals surface area contributed by atoms with E-state index in [0.29, 0.717) is 17.2 Å². The number of carbonyl (C=O) groups excluding carboxylic acids is 2. The molecule has 0 bridgehead atoms. The van der Waals surface area contributed by atoms with Gasteiger partial charge >= 0.3 is 11.8 Å². The van der Waals surface area contributed by atoms with Crippen molar-refractivity contribution in [2.75, 3.05) is 5.32 Å². The van der Waals surface area contributed by atoms with Gasteiger partial charge in [-0.05, 0) is 41.3 Å². The Morgan fingerprint density at radius 1 is 1.04 bits per heavy atom. The maximum Gasteiger partial charge on any atom is 0.329 e. The van der Waals surface area contributed by atoms with Gasteiger partial charge in [-0.3, -0.25) is 9.59 Å². The van der Waals surface area contributed by atoms with Crippen LogP contribution in [0.1, 0.15) is 36.5 Å². The molecule has 0 spiro atoms. The van der Waals surface area contributed by atoms with Crippen molar-refractivity contribution < 1.29 is 9.59 Å². The Kier molecular flexibility index (Phi) is 6.02. The smallest absolute Gasteiger partial charge is 0.318 e. The van der Waals surface area contributed by atoms with Crippen molar-refractivity contribution in [1.82, 2.24) is 5.43 Å². The van der Waals surface area contributed by atoms with Gasteiger partial charge in [0.25, 0.3) is 0 Å². The molecule has 0 saturated carbocycles. The Morgan fingerprint density at radius 2 is 1.68 bits per heavy atom. The lowest BCUT2D eigenvalue weighted by Crippen LogP contribution is -2.32. The van der Waals surface area contributed by atoms with Crippen LogP contribution in [0.25, 0.3) is 0 Å². The Hall–Kier alpha value is -3.46. The molecule has 126 valence electrons. The molecule has 2 rings (SSSR count). The molecule has 0 fully saturated rings. The zero-order valence-corrected chi connectivity index (χ0v) is 14.0. The summed E-state index contributed by atoms with van der Waals surface area (Å²) < 4.78 is 0. The minimum absolute atomic E-state index is 0.424. The monoisotopic (exact) mass is 334 g/mol. The van der Waals surface area contributed by atoms with Gasteiger partial charge < -0.3 is 5.32 Å². The third-order valence-corrected chi connectivity index (χ3v) is 3.46. The number of hydrogen-bond acceptors (Lipinski definition) is 4. The molecule has 2 N–H and O–H groups in total. The van der Waals surface area contributed by atoms with Gasteiger partial charge in [0.15, 0.2) is 0 Å². The van der Waals surface area contributed by atoms with Crippen LogP contribution in [0.15, 0.2) is 53.6 Å². The molecule has 0 unspecified atom stereocenters. The van der Waals surface area contributed by atoms with Crippen LogP contribution in [-0.2, 0) is 9.59 Å². The number of nitrogens with one attached hydrogen (secondary N) is 2. The van der Waals surface area contributed by atoms with Crippen LogP contribution in [0.5, 0.6) is 0 Å². The normalized spacial score (nSPS) is 10.5. The average Bonchev–Trinajstić information content (AvgIpc) is 2.62. The summed E-state index contributed by atoms with van der Waals surface area (Å²) in [6, 6.07) is 15.9. The van der Waals surface area contributed by atoms with Gasteiger partial charge in [-0.15, -0.1) is 0 Å². The maximum absolute atomic E-state index is 11.8. The second-order valence-electron chi connectivity index (χ2n) is 5.66. The highest BCUT2D eigenvalue weighted by Gasteiger charge is 2.12. The predicted molar refractivity (Wildman–Crippen MR) is 96.1 cm³/mol. The molecule has 0 atom stereocenters. The maximum atomic E-state index is 11.8. The van der Waals surface area contributed by atoms with Gasteiger partial charge in [0, 0.05) is 5.69 Å². The molecule has 0 aliphatic rings. The first-order chi connectivity index (χ1) is 12.0. The number of benzene rings is 2. The van der Waals surface area contributed by atoms with Crippen molar-refractivity contribution in [3.8, 4) is 6.07 Å². The third-order valence-electron chi connectivity index (χ3n) is 3.46. The number of nitriles is 1. The van der Waals surface area contributed by atoms with Gasteiger partial charge in [-0.2, -0.15) is 10.4 Å². The number of hydrogen-bond donors (Lipinski definition) is 2. The summed E-state index contributed by atoms with van der Waals surface area (Å²) in [4.78, 5) is 23.5. The van der Waals surface area contributed by atoms with Crippen LogP contribution in [0.3, 0.4) is 0 Å². The Bertz CT molecular complexity index is 816. The van der Waals surface area contributed by atoms with E-state index < -0.39 is 11.8 Å². The van der Waals surface area contributed by atoms with Gasteiger partial charge in [-0.25, -0.2) is 5.43 Å². The molecule has 2 aromatic carbocycles. The Morgan fingerprint density at radius 3 is 2.24 bits per heavy atom. The van der Waals surface area contributed by atoms with E-state index in [2.05, 4.69) is 29.7 Å². The lowest BCUT2D eigenvalue weighted by Gasteiger charge is -2.05. The number of carbonyl (C=O) groups is 2. The Balaban J connectivity index is 1.88. The topological polar surface area (TPSA) is 94.3 Å². The van der Waals surface area contributed by atoms with E-state index in [1.54, 1.807) is 24.3 Å². The zero-order valence-electron chi connectivity index (χ0n) is 14.0. The largest absolute Gasteiger partial charge is 0.329 e. The highest BCUT2D eigenvalue weighted by atomic mass is 16.2. The predicted octanol–water partition coefficient (Wildman–Crippen LogP) is 2.77. The molecule has 6 nitrogen and oxygen atoms in total. The van der Waals surface area contributed by atoms with Crippen LogP contribution in [0, 0.1) is 11.3 Å². The minimum Gasteiger partial charge on any atom is -0.318 e. The van der Waals surface area contributed by atoms with E-state index in [9.17, 15) is 9.59 Å². The van der Waals surface area contributed by atoms with E-state index in [1.165, 1.54) is 11.8 Å². The highest BCUT2D eigenvalue weighted by Crippen LogP contribution is 2.13. The van der Waals surface area contributed by atoms with Crippen LogP contribution in [0.2, 0.25) is 0 Å². The summed E-state index contributed by atoms with van der Waals surface area (Å²) in [6.07, 6.45) is 1.47. The molecule has 0 radical (unpaired) electrons. The van der Waals surface area contributed by atoms with Crippen LogP contribution >= 0.6 is 0 Å². The summed E-state index contributed by atoms with van der Waals surface area (Å²) in [7, 11) is 0. The molecule has 0 heterocycles. The molecule has 6 heteroatoms. The lowest BCUT2D eigenvalue weighted by molar-refractivity contribution is -0.136. The molecular formula is C19H18N4O2. The molecule has 2 amide bonds. The summed E-state index contributed by atoms with van der Waals surface area (Å²) in [5.41, 5.74) is 5.10. The van der Waals surface area contributed by atoms with Crippen molar-refractivity contribution in [1.29, 1.82) is 5.26 Å². The quantitative estimate of drug-likeness (QED) is 0.511. The van der Waals surface area contributed by atoms with Gasteiger partial charge in [0.1, 0.15) is 0 Å². The molecule has 0 aromatic heterocycles. The fraction of sp³-hybridized carbons (Fsp3) is 0.158. The number of anilines is 1. The second-order valence-corrected chi connectivity index (χ2v) is 5.66. The van der Waals surface area contributed by atoms with E-state index >= 15 is 0 Å². The highest BCUT2D eigenvalue weighted by molar-refractivity contribution is 6.39. The van der Waals surface area contributed by atoms with Crippen molar-refractivity contribution >= 4 is 23.7 Å². The zero-order chi connectivity index (χ0) is 18.2. The summed E-state index contributed by atoms with van der Waals surface area (Å²) in [6.45, 7) is 4.21. The number of nitrogens with zero attached hydrogens (tertiary/aromatic N) is 2. The standard InChI is InChI=1S/C19H18N4O2/c1-13(2)16-7-3-15(4-8-16)12-21-23-19(25)18(24)22-17-9-5-14(11-20)6-10-17/h3-10,12-13H,1-2H3,(H,22,24)(H,23,25)/b21-12+. The van der Waals surface area contributed by atoms with Crippen molar-refractivity contribution in [3.05, 3.63) is 65.2 Å². The molecule has 2 aromatic rings. The van der Waals surface area contributed by atoms with E-state index in [-0.39, 0.29) is 0 Å². The van der Waals surface area contributed by atoms with Gasteiger partial charge in [-0.1, -0.05) is 38.1 Å². The minimum atomic E-state index is -0.876. The summed E-state index contributed by atoms with van der Waals surface area (Å²) in [5, 5.41) is 14.9. The van der Waals surface area contributed by atoms with E-state index in [0.717, 1.165) is 5.56 Å². The van der Waals surface area contributed by atoms with Crippen LogP contribution in [0.4, 0.5) is 5.69 Å².